The maximum Gasteiger partial charge on any atom is 0.339 e. The molecule has 1 aliphatic carbocycles. The van der Waals surface area contributed by atoms with Gasteiger partial charge in [-0.15, -0.1) is 11.6 Å². The lowest BCUT2D eigenvalue weighted by molar-refractivity contribution is -0.183. The lowest BCUT2D eigenvalue weighted by Gasteiger charge is -2.35. The van der Waals surface area contributed by atoms with E-state index in [0.29, 0.717) is 12.8 Å². The molecule has 182 valence electrons. The molecule has 0 aromatic heterocycles. The van der Waals surface area contributed by atoms with Crippen LogP contribution in [0, 0.1) is 5.92 Å². The van der Waals surface area contributed by atoms with E-state index in [0.717, 1.165) is 26.5 Å². The summed E-state index contributed by atoms with van der Waals surface area (Å²) in [6.07, 6.45) is 0.283. The first-order valence-corrected chi connectivity index (χ1v) is 10.8. The number of carbonyl (C=O) groups is 4. The summed E-state index contributed by atoms with van der Waals surface area (Å²) >= 11 is 5.96. The van der Waals surface area contributed by atoms with Crippen LogP contribution in [0.15, 0.2) is 35.5 Å². The molecule has 1 fully saturated rings. The molecule has 1 N–H and O–H groups in total. The van der Waals surface area contributed by atoms with Gasteiger partial charge >= 0.3 is 23.9 Å². The highest BCUT2D eigenvalue weighted by Crippen LogP contribution is 2.38. The zero-order valence-corrected chi connectivity index (χ0v) is 20.0. The van der Waals surface area contributed by atoms with Crippen LogP contribution in [0.5, 0.6) is 0 Å². The van der Waals surface area contributed by atoms with Gasteiger partial charge in [-0.05, 0) is 39.7 Å². The Kier molecular flexibility index (Phi) is 8.48. The van der Waals surface area contributed by atoms with Crippen LogP contribution < -0.4 is 0 Å². The van der Waals surface area contributed by atoms with Gasteiger partial charge in [0, 0.05) is 12.5 Å². The summed E-state index contributed by atoms with van der Waals surface area (Å²) in [7, 11) is 1.16. The number of hydrogen-bond donors (Lipinski definition) is 1. The Bertz CT molecular complexity index is 900. The maximum atomic E-state index is 12.9. The molecular formula is C23H29ClO9. The predicted octanol–water partition coefficient (Wildman–Crippen LogP) is 2.15. The van der Waals surface area contributed by atoms with Crippen LogP contribution in [0.2, 0.25) is 0 Å². The van der Waals surface area contributed by atoms with Gasteiger partial charge in [0.25, 0.3) is 0 Å². The van der Waals surface area contributed by atoms with Gasteiger partial charge in [0.1, 0.15) is 6.10 Å². The molecule has 33 heavy (non-hydrogen) atoms. The molecule has 0 saturated carbocycles. The number of methoxy groups -OCH3 is 1. The van der Waals surface area contributed by atoms with Gasteiger partial charge in [0.15, 0.2) is 17.8 Å². The third kappa shape index (κ3) is 5.83. The number of halogens is 1. The molecule has 10 heteroatoms. The fraction of sp³-hybridized carbons (Fsp3) is 0.565. The van der Waals surface area contributed by atoms with E-state index >= 15 is 0 Å². The Morgan fingerprint density at radius 2 is 1.97 bits per heavy atom. The summed E-state index contributed by atoms with van der Waals surface area (Å²) in [5, 5.41) is 9.51. The van der Waals surface area contributed by atoms with E-state index < -0.39 is 59.1 Å². The third-order valence-electron chi connectivity index (χ3n) is 5.72. The van der Waals surface area contributed by atoms with Crippen LogP contribution >= 0.6 is 11.6 Å². The van der Waals surface area contributed by atoms with Crippen molar-refractivity contribution in [1.29, 1.82) is 0 Å². The number of rotatable bonds is 5. The van der Waals surface area contributed by atoms with Gasteiger partial charge in [-0.25, -0.2) is 14.4 Å². The molecule has 0 spiro atoms. The van der Waals surface area contributed by atoms with Crippen LogP contribution in [-0.4, -0.2) is 65.4 Å². The topological polar surface area (TPSA) is 125 Å². The number of esters is 4. The van der Waals surface area contributed by atoms with Crippen LogP contribution in [-0.2, 0) is 38.1 Å². The van der Waals surface area contributed by atoms with Crippen LogP contribution in [0.1, 0.15) is 40.5 Å². The second-order valence-electron chi connectivity index (χ2n) is 8.29. The van der Waals surface area contributed by atoms with E-state index in [4.69, 9.17) is 30.5 Å². The molecule has 0 radical (unpaired) electrons. The minimum atomic E-state index is -2.13. The van der Waals surface area contributed by atoms with E-state index in [1.807, 2.05) is 6.92 Å². The smallest absolute Gasteiger partial charge is 0.339 e. The number of hydrogen-bond acceptors (Lipinski definition) is 9. The molecule has 1 heterocycles. The summed E-state index contributed by atoms with van der Waals surface area (Å²) in [6.45, 7) is 9.28. The Balaban J connectivity index is 2.72. The molecule has 9 nitrogen and oxygen atoms in total. The highest BCUT2D eigenvalue weighted by molar-refractivity contribution is 6.22. The number of ether oxygens (including phenoxy) is 4. The number of alkyl halides is 1. The van der Waals surface area contributed by atoms with Crippen molar-refractivity contribution in [3.8, 4) is 0 Å². The largest absolute Gasteiger partial charge is 0.466 e. The van der Waals surface area contributed by atoms with Gasteiger partial charge < -0.3 is 24.1 Å². The van der Waals surface area contributed by atoms with E-state index in [1.165, 1.54) is 13.0 Å². The van der Waals surface area contributed by atoms with Crippen molar-refractivity contribution in [1.82, 2.24) is 0 Å². The molecular weight excluding hydrogens is 456 g/mol. The van der Waals surface area contributed by atoms with E-state index in [2.05, 4.69) is 6.58 Å². The monoisotopic (exact) mass is 484 g/mol. The molecule has 0 bridgehead atoms. The second-order valence-corrected chi connectivity index (χ2v) is 8.94. The summed E-state index contributed by atoms with van der Waals surface area (Å²) in [4.78, 5) is 50.0. The second kappa shape index (κ2) is 10.5. The third-order valence-corrected chi connectivity index (χ3v) is 6.14. The molecule has 0 aromatic carbocycles. The maximum absolute atomic E-state index is 12.9. The van der Waals surface area contributed by atoms with E-state index in [9.17, 15) is 24.3 Å². The molecule has 0 aromatic rings. The predicted molar refractivity (Wildman–Crippen MR) is 117 cm³/mol. The van der Waals surface area contributed by atoms with Gasteiger partial charge in [0.05, 0.1) is 24.0 Å². The van der Waals surface area contributed by atoms with Gasteiger partial charge in [-0.3, -0.25) is 4.79 Å². The Labute approximate surface area is 197 Å². The minimum absolute atomic E-state index is 0.0395. The Morgan fingerprint density at radius 3 is 2.52 bits per heavy atom. The normalized spacial score (nSPS) is 31.4. The quantitative estimate of drug-likeness (QED) is 0.205. The fourth-order valence-corrected chi connectivity index (χ4v) is 3.69. The first-order valence-electron chi connectivity index (χ1n) is 10.4. The SMILES string of the molecule is C=C1C(=O)O[C@@H]2/C=C(\C)CC/C=C(\C(=O)OC)[C@H](OC(C)=O)[C@@H](OC(=O)[C@@](C)(O)[C@@H](C)Cl)[C@@H]12. The molecule has 2 rings (SSSR count). The molecule has 2 aliphatic rings. The van der Waals surface area contributed by atoms with Crippen molar-refractivity contribution in [3.05, 3.63) is 35.5 Å². The van der Waals surface area contributed by atoms with Gasteiger partial charge in [-0.1, -0.05) is 18.2 Å². The van der Waals surface area contributed by atoms with Crippen LogP contribution in [0.3, 0.4) is 0 Å². The van der Waals surface area contributed by atoms with E-state index in [1.54, 1.807) is 6.08 Å². The van der Waals surface area contributed by atoms with Crippen molar-refractivity contribution in [2.24, 2.45) is 5.92 Å². The summed E-state index contributed by atoms with van der Waals surface area (Å²) in [5.41, 5.74) is -1.39. The first kappa shape index (κ1) is 26.6. The molecule has 1 saturated heterocycles. The van der Waals surface area contributed by atoms with E-state index in [-0.39, 0.29) is 11.1 Å². The number of fused-ring (bicyclic) bond motifs is 1. The zero-order chi connectivity index (χ0) is 25.1. The summed E-state index contributed by atoms with van der Waals surface area (Å²) < 4.78 is 21.4. The van der Waals surface area contributed by atoms with Gasteiger partial charge in [-0.2, -0.15) is 0 Å². The van der Waals surface area contributed by atoms with Gasteiger partial charge in [0.2, 0.25) is 0 Å². The average Bonchev–Trinajstić information content (AvgIpc) is 2.99. The number of aliphatic hydroxyl groups is 1. The average molecular weight is 485 g/mol. The molecule has 1 aliphatic heterocycles. The summed E-state index contributed by atoms with van der Waals surface area (Å²) in [6, 6.07) is 0. The fourth-order valence-electron chi connectivity index (χ4n) is 3.60. The van der Waals surface area contributed by atoms with Crippen LogP contribution in [0.4, 0.5) is 0 Å². The lowest BCUT2D eigenvalue weighted by atomic mass is 9.83. The van der Waals surface area contributed by atoms with Crippen molar-refractivity contribution in [3.63, 3.8) is 0 Å². The lowest BCUT2D eigenvalue weighted by Crippen LogP contribution is -2.51. The molecule has 0 unspecified atom stereocenters. The Morgan fingerprint density at radius 1 is 1.33 bits per heavy atom. The first-order chi connectivity index (χ1) is 15.3. The van der Waals surface area contributed by atoms with Crippen molar-refractivity contribution in [2.75, 3.05) is 7.11 Å². The molecule has 6 atom stereocenters. The number of carbonyl (C=O) groups excluding carboxylic acids is 4. The van der Waals surface area contributed by atoms with Crippen LogP contribution in [0.25, 0.3) is 0 Å². The number of allylic oxidation sites excluding steroid dienone is 2. The molecule has 0 amide bonds. The highest BCUT2D eigenvalue weighted by Gasteiger charge is 2.52. The van der Waals surface area contributed by atoms with Crippen molar-refractivity contribution in [2.45, 2.75) is 69.8 Å². The van der Waals surface area contributed by atoms with Crippen molar-refractivity contribution < 1.29 is 43.2 Å². The minimum Gasteiger partial charge on any atom is -0.466 e. The van der Waals surface area contributed by atoms with Crippen molar-refractivity contribution >= 4 is 35.5 Å². The Hall–Kier alpha value is -2.65. The standard InChI is InChI=1S/C23H29ClO9/c1-11-8-7-9-15(21(27)30-6)18(31-14(4)25)19(33-22(28)23(5,29)13(3)24)17-12(2)20(26)32-16(17)10-11/h9-10,13,16-19,29H,2,7-8H2,1,3-6H3/b11-10+,15-9-/t13-,16-,17+,18+,19+,23+/m1/s1. The zero-order valence-electron chi connectivity index (χ0n) is 19.3. The highest BCUT2D eigenvalue weighted by atomic mass is 35.5. The summed E-state index contributed by atoms with van der Waals surface area (Å²) in [5.74, 6) is -4.47.